The van der Waals surface area contributed by atoms with E-state index in [4.69, 9.17) is 18.9 Å². The average Bonchev–Trinajstić information content (AvgIpc) is 2.88. The molecule has 1 aliphatic heterocycles. The van der Waals surface area contributed by atoms with Gasteiger partial charge in [-0.3, -0.25) is 14.4 Å². The number of aryl methyl sites for hydroxylation is 1. The smallest absolute Gasteiger partial charge is 0.325 e. The number of hydrogen-bond donors (Lipinski definition) is 2. The van der Waals surface area contributed by atoms with Gasteiger partial charge in [-0.15, -0.1) is 0 Å². The average molecular weight is 500 g/mol. The summed E-state index contributed by atoms with van der Waals surface area (Å²) in [6.07, 6.45) is 0. The zero-order chi connectivity index (χ0) is 25.9. The van der Waals surface area contributed by atoms with Crippen LogP contribution < -0.4 is 25.0 Å². The van der Waals surface area contributed by atoms with Gasteiger partial charge < -0.3 is 34.5 Å². The third kappa shape index (κ3) is 7.35. The lowest BCUT2D eigenvalue weighted by Crippen LogP contribution is -2.36. The van der Waals surface area contributed by atoms with Crippen molar-refractivity contribution in [1.82, 2.24) is 5.32 Å². The van der Waals surface area contributed by atoms with Crippen molar-refractivity contribution in [3.05, 3.63) is 47.5 Å². The molecule has 0 radical (unpaired) electrons. The van der Waals surface area contributed by atoms with Gasteiger partial charge in [-0.2, -0.15) is 0 Å². The molecule has 2 aromatic rings. The molecule has 0 saturated carbocycles. The molecule has 3 rings (SSSR count). The highest BCUT2D eigenvalue weighted by atomic mass is 16.5. The third-order valence-electron chi connectivity index (χ3n) is 5.43. The van der Waals surface area contributed by atoms with E-state index in [2.05, 4.69) is 15.5 Å². The van der Waals surface area contributed by atoms with Gasteiger partial charge in [0.25, 0.3) is 11.8 Å². The minimum Gasteiger partial charge on any atom is -0.492 e. The SMILES string of the molecule is CCOc1cc(N2CCOCC2)c(OCC)cc1NC(=O)COC(=O)CNC(=O)c1ccccc1C. The van der Waals surface area contributed by atoms with Crippen LogP contribution in [0.5, 0.6) is 11.5 Å². The second-order valence-corrected chi connectivity index (χ2v) is 7.99. The van der Waals surface area contributed by atoms with E-state index in [1.54, 1.807) is 31.2 Å². The van der Waals surface area contributed by atoms with Crippen molar-refractivity contribution in [2.45, 2.75) is 20.8 Å². The number of amides is 2. The molecule has 1 aliphatic rings. The first-order valence-electron chi connectivity index (χ1n) is 12.0. The van der Waals surface area contributed by atoms with E-state index in [0.717, 1.165) is 11.3 Å². The molecule has 0 bridgehead atoms. The fraction of sp³-hybridized carbons (Fsp3) is 0.423. The van der Waals surface area contributed by atoms with Crippen molar-refractivity contribution < 1.29 is 33.3 Å². The highest BCUT2D eigenvalue weighted by Gasteiger charge is 2.21. The second kappa shape index (κ2) is 13.3. The fourth-order valence-electron chi connectivity index (χ4n) is 3.70. The molecule has 2 amide bonds. The standard InChI is InChI=1S/C26H33N3O7/c1-4-34-22-15-21(29-10-12-33-13-11-29)23(35-5-2)14-20(22)28-24(30)17-36-25(31)16-27-26(32)19-9-7-6-8-18(19)3/h6-9,14-15H,4-5,10-13,16-17H2,1-3H3,(H,27,32)(H,28,30). The van der Waals surface area contributed by atoms with Gasteiger partial charge in [0.05, 0.1) is 37.8 Å². The molecule has 10 heteroatoms. The molecule has 2 aromatic carbocycles. The monoisotopic (exact) mass is 499 g/mol. The molecule has 0 aromatic heterocycles. The van der Waals surface area contributed by atoms with Gasteiger partial charge >= 0.3 is 5.97 Å². The van der Waals surface area contributed by atoms with Crippen LogP contribution in [0.25, 0.3) is 0 Å². The predicted molar refractivity (Wildman–Crippen MR) is 135 cm³/mol. The van der Waals surface area contributed by atoms with Gasteiger partial charge in [0.2, 0.25) is 0 Å². The maximum atomic E-state index is 12.5. The second-order valence-electron chi connectivity index (χ2n) is 7.99. The molecule has 1 heterocycles. The largest absolute Gasteiger partial charge is 0.492 e. The van der Waals surface area contributed by atoms with Gasteiger partial charge in [0, 0.05) is 30.8 Å². The van der Waals surface area contributed by atoms with Crippen molar-refractivity contribution in [2.24, 2.45) is 0 Å². The first-order valence-corrected chi connectivity index (χ1v) is 12.0. The number of morpholine rings is 1. The Bertz CT molecular complexity index is 1070. The molecular formula is C26H33N3O7. The van der Waals surface area contributed by atoms with Crippen LogP contribution >= 0.6 is 0 Å². The number of hydrogen-bond acceptors (Lipinski definition) is 8. The number of carbonyl (C=O) groups excluding carboxylic acids is 3. The molecule has 0 spiro atoms. The number of benzene rings is 2. The molecule has 2 N–H and O–H groups in total. The number of carbonyl (C=O) groups is 3. The summed E-state index contributed by atoms with van der Waals surface area (Å²) in [5.74, 6) is -0.577. The lowest BCUT2D eigenvalue weighted by molar-refractivity contribution is -0.146. The number of esters is 1. The summed E-state index contributed by atoms with van der Waals surface area (Å²) in [6, 6.07) is 10.6. The van der Waals surface area contributed by atoms with Crippen LogP contribution in [0.2, 0.25) is 0 Å². The van der Waals surface area contributed by atoms with Gasteiger partial charge in [-0.25, -0.2) is 0 Å². The lowest BCUT2D eigenvalue weighted by Gasteiger charge is -2.31. The molecule has 0 atom stereocenters. The summed E-state index contributed by atoms with van der Waals surface area (Å²) in [6.45, 7) is 8.18. The zero-order valence-corrected chi connectivity index (χ0v) is 20.9. The third-order valence-corrected chi connectivity index (χ3v) is 5.43. The lowest BCUT2D eigenvalue weighted by atomic mass is 10.1. The van der Waals surface area contributed by atoms with E-state index in [0.29, 0.717) is 62.3 Å². The normalized spacial score (nSPS) is 13.0. The Hall–Kier alpha value is -3.79. The number of ether oxygens (including phenoxy) is 4. The van der Waals surface area contributed by atoms with Crippen LogP contribution in [-0.2, 0) is 19.1 Å². The number of nitrogens with zero attached hydrogens (tertiary/aromatic N) is 1. The van der Waals surface area contributed by atoms with E-state index in [-0.39, 0.29) is 12.5 Å². The highest BCUT2D eigenvalue weighted by Crippen LogP contribution is 2.39. The van der Waals surface area contributed by atoms with Crippen LogP contribution in [-0.4, -0.2) is 70.5 Å². The molecule has 194 valence electrons. The number of rotatable bonds is 11. The van der Waals surface area contributed by atoms with E-state index in [1.807, 2.05) is 26.0 Å². The van der Waals surface area contributed by atoms with E-state index in [1.165, 1.54) is 0 Å². The summed E-state index contributed by atoms with van der Waals surface area (Å²) in [5.41, 5.74) is 2.53. The van der Waals surface area contributed by atoms with E-state index in [9.17, 15) is 14.4 Å². The van der Waals surface area contributed by atoms with Gasteiger partial charge in [-0.05, 0) is 32.4 Å². The Kier molecular flexibility index (Phi) is 9.93. The Morgan fingerprint density at radius 2 is 1.69 bits per heavy atom. The summed E-state index contributed by atoms with van der Waals surface area (Å²) in [5, 5.41) is 5.23. The van der Waals surface area contributed by atoms with Crippen molar-refractivity contribution in [3.63, 3.8) is 0 Å². The topological polar surface area (TPSA) is 115 Å². The number of nitrogens with one attached hydrogen (secondary N) is 2. The number of anilines is 2. The first kappa shape index (κ1) is 26.8. The minimum absolute atomic E-state index is 0.354. The molecule has 1 fully saturated rings. The predicted octanol–water partition coefficient (Wildman–Crippen LogP) is 2.54. The van der Waals surface area contributed by atoms with Gasteiger partial charge in [0.15, 0.2) is 6.61 Å². The highest BCUT2D eigenvalue weighted by molar-refractivity contribution is 5.98. The maximum absolute atomic E-state index is 12.5. The van der Waals surface area contributed by atoms with Crippen LogP contribution in [0.15, 0.2) is 36.4 Å². The molecule has 0 unspecified atom stereocenters. The van der Waals surface area contributed by atoms with Crippen LogP contribution in [0, 0.1) is 6.92 Å². The summed E-state index contributed by atoms with van der Waals surface area (Å²) >= 11 is 0. The summed E-state index contributed by atoms with van der Waals surface area (Å²) in [7, 11) is 0. The summed E-state index contributed by atoms with van der Waals surface area (Å²) in [4.78, 5) is 39.0. The van der Waals surface area contributed by atoms with Gasteiger partial charge in [-0.1, -0.05) is 18.2 Å². The minimum atomic E-state index is -0.727. The van der Waals surface area contributed by atoms with Crippen LogP contribution in [0.1, 0.15) is 29.8 Å². The van der Waals surface area contributed by atoms with Crippen LogP contribution in [0.4, 0.5) is 11.4 Å². The Balaban J connectivity index is 1.60. The molecule has 36 heavy (non-hydrogen) atoms. The van der Waals surface area contributed by atoms with Crippen LogP contribution in [0.3, 0.4) is 0 Å². The van der Waals surface area contributed by atoms with Crippen molar-refractivity contribution in [3.8, 4) is 11.5 Å². The van der Waals surface area contributed by atoms with Crippen molar-refractivity contribution >= 4 is 29.2 Å². The van der Waals surface area contributed by atoms with Gasteiger partial charge in [0.1, 0.15) is 18.0 Å². The fourth-order valence-corrected chi connectivity index (χ4v) is 3.70. The Morgan fingerprint density at radius 3 is 2.39 bits per heavy atom. The molecule has 1 saturated heterocycles. The van der Waals surface area contributed by atoms with E-state index < -0.39 is 18.5 Å². The van der Waals surface area contributed by atoms with Crippen molar-refractivity contribution in [2.75, 3.05) is 62.9 Å². The first-order chi connectivity index (χ1) is 17.4. The molecule has 0 aliphatic carbocycles. The summed E-state index contributed by atoms with van der Waals surface area (Å²) < 4.78 is 22.1. The molecule has 10 nitrogen and oxygen atoms in total. The van der Waals surface area contributed by atoms with Crippen molar-refractivity contribution in [1.29, 1.82) is 0 Å². The molecular weight excluding hydrogens is 466 g/mol. The zero-order valence-electron chi connectivity index (χ0n) is 20.9. The quantitative estimate of drug-likeness (QED) is 0.454. The van der Waals surface area contributed by atoms with E-state index >= 15 is 0 Å². The Morgan fingerprint density at radius 1 is 1.00 bits per heavy atom. The Labute approximate surface area is 210 Å². The maximum Gasteiger partial charge on any atom is 0.325 e.